The van der Waals surface area contributed by atoms with Crippen LogP contribution in [0.5, 0.6) is 11.5 Å². The van der Waals surface area contributed by atoms with Crippen LogP contribution in [0.25, 0.3) is 0 Å². The molecule has 2 fully saturated rings. The quantitative estimate of drug-likeness (QED) is 0.758. The summed E-state index contributed by atoms with van der Waals surface area (Å²) < 4.78 is 35.4. The van der Waals surface area contributed by atoms with Crippen molar-refractivity contribution < 1.29 is 27.8 Å². The summed E-state index contributed by atoms with van der Waals surface area (Å²) in [5.41, 5.74) is -0.598. The van der Waals surface area contributed by atoms with Gasteiger partial charge in [0.05, 0.1) is 24.1 Å². The number of carbonyl (C=O) groups excluding carboxylic acids is 2. The Labute approximate surface area is 147 Å². The van der Waals surface area contributed by atoms with E-state index in [1.54, 1.807) is 6.92 Å². The molecular formula is C17H15F2N3O4. The number of hydrogen-bond acceptors (Lipinski definition) is 5. The molecule has 3 heterocycles. The van der Waals surface area contributed by atoms with Gasteiger partial charge in [0.2, 0.25) is 11.8 Å². The summed E-state index contributed by atoms with van der Waals surface area (Å²) in [6.45, 7) is 1.58. The van der Waals surface area contributed by atoms with Crippen molar-refractivity contribution in [2.45, 2.75) is 31.7 Å². The Morgan fingerprint density at radius 1 is 1.27 bits per heavy atom. The minimum Gasteiger partial charge on any atom is -0.395 e. The van der Waals surface area contributed by atoms with Gasteiger partial charge in [0.1, 0.15) is 6.04 Å². The second-order valence-electron chi connectivity index (χ2n) is 7.02. The van der Waals surface area contributed by atoms with Crippen molar-refractivity contribution in [3.63, 3.8) is 0 Å². The fraction of sp³-hybridized carbons (Fsp3) is 0.471. The van der Waals surface area contributed by atoms with E-state index >= 15 is 0 Å². The molecule has 0 radical (unpaired) electrons. The zero-order valence-electron chi connectivity index (χ0n) is 14.0. The molecule has 7 nitrogen and oxygen atoms in total. The Morgan fingerprint density at radius 3 is 2.65 bits per heavy atom. The number of amides is 2. The highest BCUT2D eigenvalue weighted by molar-refractivity contribution is 5.96. The first-order valence-electron chi connectivity index (χ1n) is 8.02. The molecule has 0 spiro atoms. The van der Waals surface area contributed by atoms with Crippen molar-refractivity contribution in [3.8, 4) is 17.6 Å². The molecule has 0 aliphatic carbocycles. The van der Waals surface area contributed by atoms with Crippen LogP contribution in [0.1, 0.15) is 24.9 Å². The van der Waals surface area contributed by atoms with Gasteiger partial charge < -0.3 is 19.3 Å². The van der Waals surface area contributed by atoms with E-state index in [4.69, 9.17) is 0 Å². The maximum atomic E-state index is 13.3. The van der Waals surface area contributed by atoms with Gasteiger partial charge in [-0.15, -0.1) is 8.78 Å². The van der Waals surface area contributed by atoms with Gasteiger partial charge in [-0.1, -0.05) is 6.07 Å². The zero-order valence-corrected chi connectivity index (χ0v) is 14.0. The maximum Gasteiger partial charge on any atom is 0.586 e. The van der Waals surface area contributed by atoms with E-state index < -0.39 is 23.8 Å². The molecule has 9 heteroatoms. The fourth-order valence-corrected chi connectivity index (χ4v) is 4.01. The molecule has 0 saturated carbocycles. The molecule has 3 aliphatic rings. The number of rotatable bonds is 1. The SMILES string of the molecule is CN1CC(=O)N2C(C[C@](C)(C#N)C2c2ccc3c(c2)OC(F)(F)O3)C1=O. The van der Waals surface area contributed by atoms with Crippen LogP contribution in [-0.4, -0.2) is 47.5 Å². The lowest BCUT2D eigenvalue weighted by molar-refractivity contribution is -0.286. The Kier molecular flexibility index (Phi) is 3.23. The first-order valence-corrected chi connectivity index (χ1v) is 8.02. The van der Waals surface area contributed by atoms with Gasteiger partial charge in [0.15, 0.2) is 11.5 Å². The number of halogens is 2. The van der Waals surface area contributed by atoms with E-state index in [0.717, 1.165) is 0 Å². The summed E-state index contributed by atoms with van der Waals surface area (Å²) in [6, 6.07) is 4.89. The molecule has 3 aliphatic heterocycles. The van der Waals surface area contributed by atoms with Gasteiger partial charge in [-0.2, -0.15) is 5.26 Å². The second kappa shape index (κ2) is 5.06. The maximum absolute atomic E-state index is 13.3. The van der Waals surface area contributed by atoms with Crippen molar-refractivity contribution in [3.05, 3.63) is 23.8 Å². The van der Waals surface area contributed by atoms with E-state index in [1.165, 1.54) is 35.0 Å². The van der Waals surface area contributed by atoms with Crippen LogP contribution in [0.4, 0.5) is 8.78 Å². The average Bonchev–Trinajstić information content (AvgIpc) is 3.05. The fourth-order valence-electron chi connectivity index (χ4n) is 4.01. The van der Waals surface area contributed by atoms with Crippen molar-refractivity contribution in [1.82, 2.24) is 9.80 Å². The third-order valence-electron chi connectivity index (χ3n) is 5.15. The number of fused-ring (bicyclic) bond motifs is 2. The molecule has 4 rings (SSSR count). The molecule has 0 aromatic heterocycles. The minimum atomic E-state index is -3.75. The third-order valence-corrected chi connectivity index (χ3v) is 5.15. The number of carbonyl (C=O) groups is 2. The van der Waals surface area contributed by atoms with Gasteiger partial charge >= 0.3 is 6.29 Å². The lowest BCUT2D eigenvalue weighted by Crippen LogP contribution is -2.56. The second-order valence-corrected chi connectivity index (χ2v) is 7.02. The Bertz CT molecular complexity index is 868. The van der Waals surface area contributed by atoms with Crippen LogP contribution >= 0.6 is 0 Å². The van der Waals surface area contributed by atoms with Crippen molar-refractivity contribution >= 4 is 11.8 Å². The molecule has 2 saturated heterocycles. The number of ether oxygens (including phenoxy) is 2. The topological polar surface area (TPSA) is 82.9 Å². The van der Waals surface area contributed by atoms with Crippen LogP contribution in [0, 0.1) is 16.7 Å². The smallest absolute Gasteiger partial charge is 0.395 e. The number of piperazine rings is 1. The zero-order chi connectivity index (χ0) is 18.9. The van der Waals surface area contributed by atoms with Crippen LogP contribution in [0.2, 0.25) is 0 Å². The van der Waals surface area contributed by atoms with Crippen molar-refractivity contribution in [2.75, 3.05) is 13.6 Å². The van der Waals surface area contributed by atoms with E-state index in [0.29, 0.717) is 5.56 Å². The first-order chi connectivity index (χ1) is 12.1. The monoisotopic (exact) mass is 363 g/mol. The lowest BCUT2D eigenvalue weighted by Gasteiger charge is -2.38. The normalized spacial score (nSPS) is 31.8. The summed E-state index contributed by atoms with van der Waals surface area (Å²) in [7, 11) is 1.54. The van der Waals surface area contributed by atoms with Gasteiger partial charge in [0, 0.05) is 7.05 Å². The van der Waals surface area contributed by atoms with Gasteiger partial charge in [-0.05, 0) is 31.0 Å². The van der Waals surface area contributed by atoms with E-state index in [1.807, 2.05) is 0 Å². The van der Waals surface area contributed by atoms with Gasteiger partial charge in [-0.3, -0.25) is 9.59 Å². The Hall–Kier alpha value is -2.89. The largest absolute Gasteiger partial charge is 0.586 e. The minimum absolute atomic E-state index is 0.0873. The van der Waals surface area contributed by atoms with E-state index in [-0.39, 0.29) is 36.3 Å². The van der Waals surface area contributed by atoms with Crippen LogP contribution < -0.4 is 9.47 Å². The summed E-state index contributed by atoms with van der Waals surface area (Å²) >= 11 is 0. The molecule has 0 N–H and O–H groups in total. The van der Waals surface area contributed by atoms with Gasteiger partial charge in [0.25, 0.3) is 0 Å². The highest BCUT2D eigenvalue weighted by Gasteiger charge is 2.57. The summed E-state index contributed by atoms with van der Waals surface area (Å²) in [6.07, 6.45) is -3.58. The first kappa shape index (κ1) is 16.6. The van der Waals surface area contributed by atoms with Crippen molar-refractivity contribution in [1.29, 1.82) is 5.26 Å². The summed E-state index contributed by atoms with van der Waals surface area (Å²) in [5.74, 6) is -0.804. The molecule has 3 atom stereocenters. The number of alkyl halides is 2. The van der Waals surface area contributed by atoms with Crippen molar-refractivity contribution in [2.24, 2.45) is 5.41 Å². The average molecular weight is 363 g/mol. The van der Waals surface area contributed by atoms with Crippen LogP contribution in [-0.2, 0) is 9.59 Å². The molecule has 26 heavy (non-hydrogen) atoms. The van der Waals surface area contributed by atoms with E-state index in [9.17, 15) is 23.6 Å². The predicted molar refractivity (Wildman–Crippen MR) is 82.0 cm³/mol. The number of nitriles is 1. The lowest BCUT2D eigenvalue weighted by atomic mass is 9.79. The van der Waals surface area contributed by atoms with E-state index in [2.05, 4.69) is 15.5 Å². The number of nitrogens with zero attached hydrogens (tertiary/aromatic N) is 3. The van der Waals surface area contributed by atoms with Crippen LogP contribution in [0.15, 0.2) is 18.2 Å². The molecule has 1 aromatic carbocycles. The highest BCUT2D eigenvalue weighted by atomic mass is 19.3. The third kappa shape index (κ3) is 2.21. The molecule has 2 amide bonds. The molecule has 2 unspecified atom stereocenters. The summed E-state index contributed by atoms with van der Waals surface area (Å²) in [4.78, 5) is 27.8. The number of likely N-dealkylation sites (N-methyl/N-ethyl adjacent to an activating group) is 1. The molecule has 136 valence electrons. The van der Waals surface area contributed by atoms with Crippen LogP contribution in [0.3, 0.4) is 0 Å². The Morgan fingerprint density at radius 2 is 1.96 bits per heavy atom. The number of benzene rings is 1. The standard InChI is InChI=1S/C17H15F2N3O4/c1-16(8-20)6-10-15(24)21(2)7-13(23)22(10)14(16)9-3-4-11-12(5-9)26-17(18,19)25-11/h3-5,10,14H,6-7H2,1-2H3/t10?,14?,16-/m1/s1. The highest BCUT2D eigenvalue weighted by Crippen LogP contribution is 2.53. The molecule has 0 bridgehead atoms. The summed E-state index contributed by atoms with van der Waals surface area (Å²) in [5, 5.41) is 9.73. The molecule has 1 aromatic rings. The Balaban J connectivity index is 1.79. The predicted octanol–water partition coefficient (Wildman–Crippen LogP) is 1.65. The molecular weight excluding hydrogens is 348 g/mol. The van der Waals surface area contributed by atoms with Gasteiger partial charge in [-0.25, -0.2) is 0 Å². The number of hydrogen-bond donors (Lipinski definition) is 0.